The average Bonchev–Trinajstić information content (AvgIpc) is 2.75. The number of nitrogens with two attached hydrogens (primary N) is 1. The predicted octanol–water partition coefficient (Wildman–Crippen LogP) is -0.454. The van der Waals surface area contributed by atoms with Crippen LogP contribution in [0.25, 0.3) is 0 Å². The average molecular weight is 497 g/mol. The molecule has 0 aliphatic heterocycles. The van der Waals surface area contributed by atoms with Gasteiger partial charge >= 0.3 is 11.9 Å². The molecule has 0 saturated heterocycles. The van der Waals surface area contributed by atoms with Gasteiger partial charge in [0.1, 0.15) is 18.1 Å². The van der Waals surface area contributed by atoms with E-state index in [-0.39, 0.29) is 24.5 Å². The fourth-order valence-corrected chi connectivity index (χ4v) is 3.31. The summed E-state index contributed by atoms with van der Waals surface area (Å²) in [6.07, 6.45) is -0.383. The monoisotopic (exact) mass is 496 g/mol. The lowest BCUT2D eigenvalue weighted by Crippen LogP contribution is -2.58. The number of aliphatic carboxylic acids is 2. The van der Waals surface area contributed by atoms with E-state index in [9.17, 15) is 29.1 Å². The molecule has 0 bridgehead atoms. The maximum atomic E-state index is 13.0. The molecule has 0 aliphatic rings. The highest BCUT2D eigenvalue weighted by Gasteiger charge is 2.30. The van der Waals surface area contributed by atoms with Crippen LogP contribution in [0, 0.1) is 5.92 Å². The molecule has 0 radical (unpaired) electrons. The van der Waals surface area contributed by atoms with E-state index in [1.165, 1.54) is 0 Å². The zero-order chi connectivity index (χ0) is 25.8. The van der Waals surface area contributed by atoms with E-state index in [2.05, 4.69) is 28.6 Å². The molecule has 0 aromatic heterocycles. The van der Waals surface area contributed by atoms with Crippen molar-refractivity contribution >= 4 is 42.3 Å². The third-order valence-corrected chi connectivity index (χ3v) is 5.15. The van der Waals surface area contributed by atoms with Gasteiger partial charge in [0.25, 0.3) is 0 Å². The minimum absolute atomic E-state index is 0.00548. The second-order valence-electron chi connectivity index (χ2n) is 8.23. The van der Waals surface area contributed by atoms with E-state index in [1.54, 1.807) is 30.3 Å². The second-order valence-corrected chi connectivity index (χ2v) is 8.59. The lowest BCUT2D eigenvalue weighted by Gasteiger charge is -2.25. The largest absolute Gasteiger partial charge is 0.481 e. The summed E-state index contributed by atoms with van der Waals surface area (Å²) < 4.78 is 0. The van der Waals surface area contributed by atoms with Gasteiger partial charge in [-0.1, -0.05) is 44.2 Å². The van der Waals surface area contributed by atoms with Crippen molar-refractivity contribution in [1.29, 1.82) is 0 Å². The maximum Gasteiger partial charge on any atom is 0.326 e. The number of carboxylic acid groups (broad SMARTS) is 2. The first kappa shape index (κ1) is 28.9. The molecule has 7 N–H and O–H groups in total. The zero-order valence-corrected chi connectivity index (χ0v) is 20.0. The molecule has 0 spiro atoms. The van der Waals surface area contributed by atoms with Crippen LogP contribution in [0.1, 0.15) is 32.3 Å². The van der Waals surface area contributed by atoms with Gasteiger partial charge in [0.15, 0.2) is 0 Å². The van der Waals surface area contributed by atoms with E-state index >= 15 is 0 Å². The maximum absolute atomic E-state index is 13.0. The molecule has 188 valence electrons. The van der Waals surface area contributed by atoms with Crippen LogP contribution >= 0.6 is 12.6 Å². The molecule has 1 aromatic carbocycles. The SMILES string of the molecule is CC(C)CC(NC(=O)C(CS)NC(=O)C(Cc1ccccc1)NC(=O)C(N)CC(=O)O)C(=O)O. The second kappa shape index (κ2) is 14.2. The van der Waals surface area contributed by atoms with Crippen molar-refractivity contribution in [2.24, 2.45) is 11.7 Å². The van der Waals surface area contributed by atoms with Gasteiger partial charge in [-0.3, -0.25) is 19.2 Å². The molecule has 0 heterocycles. The first-order valence-electron chi connectivity index (χ1n) is 10.7. The van der Waals surface area contributed by atoms with Gasteiger partial charge in [-0.2, -0.15) is 12.6 Å². The molecule has 11 nitrogen and oxygen atoms in total. The predicted molar refractivity (Wildman–Crippen MR) is 127 cm³/mol. The fraction of sp³-hybridized carbons (Fsp3) is 0.500. The molecule has 0 aliphatic carbocycles. The van der Waals surface area contributed by atoms with Crippen LogP contribution in [0.15, 0.2) is 30.3 Å². The number of rotatable bonds is 14. The van der Waals surface area contributed by atoms with Crippen molar-refractivity contribution < 1.29 is 34.2 Å². The Kier molecular flexibility index (Phi) is 12.1. The summed E-state index contributed by atoms with van der Waals surface area (Å²) in [5.41, 5.74) is 6.30. The fourth-order valence-electron chi connectivity index (χ4n) is 3.05. The Hall–Kier alpha value is -3.12. The summed E-state index contributed by atoms with van der Waals surface area (Å²) >= 11 is 4.09. The normalized spacial score (nSPS) is 14.4. The number of nitrogens with one attached hydrogen (secondary N) is 3. The zero-order valence-electron chi connectivity index (χ0n) is 19.1. The van der Waals surface area contributed by atoms with Crippen molar-refractivity contribution in [3.8, 4) is 0 Å². The van der Waals surface area contributed by atoms with E-state index in [1.807, 2.05) is 13.8 Å². The lowest BCUT2D eigenvalue weighted by molar-refractivity contribution is -0.142. The van der Waals surface area contributed by atoms with Crippen molar-refractivity contribution in [2.75, 3.05) is 5.75 Å². The van der Waals surface area contributed by atoms with Crippen LogP contribution in [0.5, 0.6) is 0 Å². The van der Waals surface area contributed by atoms with Gasteiger partial charge in [0.05, 0.1) is 12.5 Å². The van der Waals surface area contributed by atoms with E-state index in [4.69, 9.17) is 10.8 Å². The molecule has 4 atom stereocenters. The van der Waals surface area contributed by atoms with Crippen LogP contribution in [0.3, 0.4) is 0 Å². The number of carboxylic acids is 2. The first-order valence-corrected chi connectivity index (χ1v) is 11.3. The Morgan fingerprint density at radius 3 is 1.91 bits per heavy atom. The highest BCUT2D eigenvalue weighted by molar-refractivity contribution is 7.80. The molecule has 4 unspecified atom stereocenters. The molecule has 12 heteroatoms. The van der Waals surface area contributed by atoms with Gasteiger partial charge in [0, 0.05) is 12.2 Å². The Morgan fingerprint density at radius 1 is 0.882 bits per heavy atom. The quantitative estimate of drug-likeness (QED) is 0.169. The number of thiol groups is 1. The highest BCUT2D eigenvalue weighted by atomic mass is 32.1. The van der Waals surface area contributed by atoms with E-state index in [0.29, 0.717) is 5.56 Å². The van der Waals surface area contributed by atoms with E-state index in [0.717, 1.165) is 0 Å². The third kappa shape index (κ3) is 10.2. The summed E-state index contributed by atoms with van der Waals surface area (Å²) in [6, 6.07) is 3.87. The number of hydrogen-bond acceptors (Lipinski definition) is 7. The van der Waals surface area contributed by atoms with Crippen LogP contribution < -0.4 is 21.7 Å². The summed E-state index contributed by atoms with van der Waals surface area (Å²) in [5, 5.41) is 25.5. The summed E-state index contributed by atoms with van der Waals surface area (Å²) in [5.74, 6) is -4.90. The molecule has 0 fully saturated rings. The van der Waals surface area contributed by atoms with Crippen LogP contribution in [-0.4, -0.2) is 69.8 Å². The molecule has 1 aromatic rings. The Balaban J connectivity index is 2.98. The van der Waals surface area contributed by atoms with E-state index < -0.39 is 60.2 Å². The molecule has 1 rings (SSSR count). The van der Waals surface area contributed by atoms with Gasteiger partial charge < -0.3 is 31.9 Å². The summed E-state index contributed by atoms with van der Waals surface area (Å²) in [6.45, 7) is 3.62. The number of carbonyl (C=O) groups excluding carboxylic acids is 3. The molecular weight excluding hydrogens is 464 g/mol. The summed E-state index contributed by atoms with van der Waals surface area (Å²) in [4.78, 5) is 60.3. The van der Waals surface area contributed by atoms with Gasteiger partial charge in [-0.05, 0) is 17.9 Å². The third-order valence-electron chi connectivity index (χ3n) is 4.78. The van der Waals surface area contributed by atoms with Crippen LogP contribution in [-0.2, 0) is 30.4 Å². The number of amides is 3. The van der Waals surface area contributed by atoms with Gasteiger partial charge in [-0.25, -0.2) is 4.79 Å². The van der Waals surface area contributed by atoms with Crippen molar-refractivity contribution in [3.05, 3.63) is 35.9 Å². The van der Waals surface area contributed by atoms with Crippen LogP contribution in [0.2, 0.25) is 0 Å². The summed E-state index contributed by atoms with van der Waals surface area (Å²) in [7, 11) is 0. The number of benzene rings is 1. The Morgan fingerprint density at radius 2 is 1.41 bits per heavy atom. The van der Waals surface area contributed by atoms with Crippen molar-refractivity contribution in [2.45, 2.75) is 57.3 Å². The first-order chi connectivity index (χ1) is 15.9. The topological polar surface area (TPSA) is 188 Å². The molecule has 0 saturated carbocycles. The minimum Gasteiger partial charge on any atom is -0.481 e. The Labute approximate surface area is 203 Å². The lowest BCUT2D eigenvalue weighted by atomic mass is 10.0. The smallest absolute Gasteiger partial charge is 0.326 e. The molecular formula is C22H32N4O7S. The molecule has 34 heavy (non-hydrogen) atoms. The van der Waals surface area contributed by atoms with Gasteiger partial charge in [0.2, 0.25) is 17.7 Å². The number of hydrogen-bond donors (Lipinski definition) is 7. The van der Waals surface area contributed by atoms with Crippen LogP contribution in [0.4, 0.5) is 0 Å². The van der Waals surface area contributed by atoms with Crippen molar-refractivity contribution in [1.82, 2.24) is 16.0 Å². The van der Waals surface area contributed by atoms with Gasteiger partial charge in [-0.15, -0.1) is 0 Å². The Bertz CT molecular complexity index is 866. The number of carbonyl (C=O) groups is 5. The standard InChI is InChI=1S/C22H32N4O7S/c1-12(2)8-16(22(32)33)25-21(31)17(11-34)26-20(30)15(9-13-6-4-3-5-7-13)24-19(29)14(23)10-18(27)28/h3-7,12,14-17,34H,8-11,23H2,1-2H3,(H,24,29)(H,25,31)(H,26,30)(H,27,28)(H,32,33). The highest BCUT2D eigenvalue weighted by Crippen LogP contribution is 2.07. The minimum atomic E-state index is -1.38. The molecule has 3 amide bonds. The van der Waals surface area contributed by atoms with Crippen molar-refractivity contribution in [3.63, 3.8) is 0 Å².